The van der Waals surface area contributed by atoms with E-state index in [1.807, 2.05) is 72.8 Å². The number of fused-ring (bicyclic) bond motifs is 3. The van der Waals surface area contributed by atoms with E-state index in [1.54, 1.807) is 60.8 Å². The van der Waals surface area contributed by atoms with Crippen LogP contribution < -0.4 is 0 Å². The molecule has 0 amide bonds. The fourth-order valence-corrected chi connectivity index (χ4v) is 5.06. The van der Waals surface area contributed by atoms with E-state index in [0.717, 1.165) is 16.8 Å². The third kappa shape index (κ3) is 7.28. The smallest absolute Gasteiger partial charge is 0.216 e. The summed E-state index contributed by atoms with van der Waals surface area (Å²) in [6, 6.07) is 45.8. The number of furan rings is 1. The predicted molar refractivity (Wildman–Crippen MR) is 186 cm³/mol. The van der Waals surface area contributed by atoms with Gasteiger partial charge in [-0.15, -0.1) is 54.1 Å². The van der Waals surface area contributed by atoms with Gasteiger partial charge in [0.05, 0.1) is 5.58 Å². The largest absolute Gasteiger partial charge is 0.486 e. The van der Waals surface area contributed by atoms with Crippen LogP contribution in [-0.4, -0.2) is 15.0 Å². The molecule has 0 unspecified atom stereocenters. The molecule has 4 heterocycles. The Balaban J connectivity index is 0.000000324. The standard InChI is InChI=1S/C31H23N2O.C11H8N.Ir/c1-21-20-32-29(19-28(21)23-11-6-3-7-12-23)27-14-8-13-25-26-18-17-24(33-31(26)34-30(25)27)16-15-22-9-4-2-5-10-22;1-2-6-10(7-3-1)11-8-4-5-9-12-11;/h2-13,17-20H,15-16H2,1H3;1-6,8-9H;/q2*-1;/i1D3,15D2,16D2;;. The summed E-state index contributed by atoms with van der Waals surface area (Å²) in [5, 5.41) is 1.32. The molecule has 4 aromatic heterocycles. The summed E-state index contributed by atoms with van der Waals surface area (Å²) in [5.41, 5.74) is 5.01. The van der Waals surface area contributed by atoms with Crippen molar-refractivity contribution in [3.63, 3.8) is 0 Å². The molecule has 0 saturated heterocycles. The second-order valence-electron chi connectivity index (χ2n) is 10.3. The Morgan fingerprint density at radius 3 is 2.30 bits per heavy atom. The molecule has 0 fully saturated rings. The second-order valence-corrected chi connectivity index (χ2v) is 10.3. The fourth-order valence-electron chi connectivity index (χ4n) is 5.06. The molecule has 0 aliphatic heterocycles. The van der Waals surface area contributed by atoms with Gasteiger partial charge in [-0.2, -0.15) is 0 Å². The van der Waals surface area contributed by atoms with E-state index in [1.165, 1.54) is 12.3 Å². The number of rotatable bonds is 6. The van der Waals surface area contributed by atoms with E-state index in [2.05, 4.69) is 27.1 Å². The summed E-state index contributed by atoms with van der Waals surface area (Å²) in [4.78, 5) is 13.1. The number of pyridine rings is 3. The summed E-state index contributed by atoms with van der Waals surface area (Å²) in [6.07, 6.45) is -1.68. The van der Waals surface area contributed by atoms with Crippen LogP contribution in [0.25, 0.3) is 55.7 Å². The average Bonchev–Trinajstić information content (AvgIpc) is 3.57. The molecule has 0 spiro atoms. The predicted octanol–water partition coefficient (Wildman–Crippen LogP) is 10.2. The molecule has 47 heavy (non-hydrogen) atoms. The van der Waals surface area contributed by atoms with Gasteiger partial charge in [0.25, 0.3) is 0 Å². The van der Waals surface area contributed by atoms with Crippen LogP contribution in [0, 0.1) is 19.0 Å². The summed E-state index contributed by atoms with van der Waals surface area (Å²) in [6.45, 7) is -2.37. The molecular weight excluding hydrogens is 755 g/mol. The summed E-state index contributed by atoms with van der Waals surface area (Å²) in [7, 11) is 0. The quantitative estimate of drug-likeness (QED) is 0.157. The molecule has 8 rings (SSSR count). The van der Waals surface area contributed by atoms with Crippen molar-refractivity contribution in [1.29, 1.82) is 0 Å². The van der Waals surface area contributed by atoms with Crippen molar-refractivity contribution >= 4 is 22.1 Å². The molecule has 5 heteroatoms. The number of aryl methyl sites for hydroxylation is 3. The van der Waals surface area contributed by atoms with Crippen LogP contribution in [0.1, 0.15) is 26.4 Å². The fraction of sp³-hybridized carbons (Fsp3) is 0.0714. The minimum atomic E-state index is -2.46. The van der Waals surface area contributed by atoms with Gasteiger partial charge in [0.2, 0.25) is 5.71 Å². The number of benzene rings is 4. The van der Waals surface area contributed by atoms with Gasteiger partial charge in [-0.3, -0.25) is 0 Å². The normalized spacial score (nSPS) is 13.7. The maximum atomic E-state index is 8.70. The van der Waals surface area contributed by atoms with Crippen molar-refractivity contribution in [3.05, 3.63) is 175 Å². The van der Waals surface area contributed by atoms with Crippen LogP contribution in [0.5, 0.6) is 0 Å². The minimum absolute atomic E-state index is 0. The minimum Gasteiger partial charge on any atom is -0.486 e. The van der Waals surface area contributed by atoms with E-state index in [9.17, 15) is 0 Å². The van der Waals surface area contributed by atoms with Crippen molar-refractivity contribution < 1.29 is 34.1 Å². The number of aromatic nitrogens is 3. The molecule has 1 radical (unpaired) electrons. The summed E-state index contributed by atoms with van der Waals surface area (Å²) < 4.78 is 64.8. The molecule has 0 N–H and O–H groups in total. The third-order valence-corrected chi connectivity index (χ3v) is 7.30. The van der Waals surface area contributed by atoms with Gasteiger partial charge in [0.15, 0.2) is 0 Å². The van der Waals surface area contributed by atoms with Gasteiger partial charge in [0.1, 0.15) is 0 Å². The first-order chi connectivity index (χ1) is 25.4. The van der Waals surface area contributed by atoms with E-state index < -0.39 is 19.6 Å². The Labute approximate surface area is 298 Å². The number of hydrogen-bond donors (Lipinski definition) is 0. The maximum Gasteiger partial charge on any atom is 0.216 e. The van der Waals surface area contributed by atoms with Crippen molar-refractivity contribution in [1.82, 2.24) is 15.0 Å². The zero-order valence-corrected chi connectivity index (χ0v) is 27.3. The molecule has 4 nitrogen and oxygen atoms in total. The molecule has 0 aliphatic rings. The van der Waals surface area contributed by atoms with Gasteiger partial charge in [-0.25, -0.2) is 4.98 Å². The van der Waals surface area contributed by atoms with Crippen molar-refractivity contribution in [3.8, 4) is 33.6 Å². The molecule has 8 aromatic rings. The topological polar surface area (TPSA) is 51.8 Å². The van der Waals surface area contributed by atoms with E-state index in [4.69, 9.17) is 14.0 Å². The second kappa shape index (κ2) is 14.9. The number of nitrogens with zero attached hydrogens (tertiary/aromatic N) is 3. The first-order valence-electron chi connectivity index (χ1n) is 18.2. The monoisotopic (exact) mass is 793 g/mol. The van der Waals surface area contributed by atoms with E-state index in [0.29, 0.717) is 33.2 Å². The number of hydrogen-bond acceptors (Lipinski definition) is 4. The Morgan fingerprint density at radius 2 is 1.53 bits per heavy atom. The Hall–Kier alpha value is -5.22. The molecule has 0 saturated carbocycles. The van der Waals surface area contributed by atoms with Crippen LogP contribution in [0.15, 0.2) is 150 Å². The maximum absolute atomic E-state index is 8.70. The first kappa shape index (κ1) is 24.0. The van der Waals surface area contributed by atoms with Gasteiger partial charge >= 0.3 is 0 Å². The Kier molecular flexibility index (Phi) is 7.62. The van der Waals surface area contributed by atoms with Crippen molar-refractivity contribution in [2.45, 2.75) is 19.6 Å². The van der Waals surface area contributed by atoms with Crippen molar-refractivity contribution in [2.24, 2.45) is 0 Å². The van der Waals surface area contributed by atoms with Crippen LogP contribution in [-0.2, 0) is 32.9 Å². The van der Waals surface area contributed by atoms with Crippen LogP contribution >= 0.6 is 0 Å². The zero-order chi connectivity index (χ0) is 37.2. The Morgan fingerprint density at radius 1 is 0.723 bits per heavy atom. The van der Waals surface area contributed by atoms with Gasteiger partial charge in [-0.1, -0.05) is 89.8 Å². The van der Waals surface area contributed by atoms with Crippen LogP contribution in [0.3, 0.4) is 0 Å². The summed E-state index contributed by atoms with van der Waals surface area (Å²) in [5.74, 6) is 0. The molecule has 0 atom stereocenters. The van der Waals surface area contributed by atoms with E-state index >= 15 is 0 Å². The molecular formula is C42H31IrN3O-2. The summed E-state index contributed by atoms with van der Waals surface area (Å²) >= 11 is 0. The SMILES string of the molecule is [2H]C([2H])([2H])c1cnc(-c2[c-]ccc3c2oc2nc(C([2H])([2H])C([2H])([2H])c4ccccc4)ccc23)cc1-c1ccccc1.[Ir].[c-]1ccccc1-c1ccccn1. The zero-order valence-electron chi connectivity index (χ0n) is 31.9. The molecule has 0 bridgehead atoms. The van der Waals surface area contributed by atoms with Crippen molar-refractivity contribution in [2.75, 3.05) is 0 Å². The molecule has 231 valence electrons. The van der Waals surface area contributed by atoms with Gasteiger partial charge in [0, 0.05) is 53.2 Å². The van der Waals surface area contributed by atoms with Crippen LogP contribution in [0.2, 0.25) is 0 Å². The Bertz CT molecular complexity index is 2460. The molecule has 0 aliphatic carbocycles. The van der Waals surface area contributed by atoms with Gasteiger partial charge in [-0.05, 0) is 71.4 Å². The average molecular weight is 793 g/mol. The first-order valence-corrected chi connectivity index (χ1v) is 14.7. The van der Waals surface area contributed by atoms with Crippen LogP contribution in [0.4, 0.5) is 0 Å². The third-order valence-electron chi connectivity index (χ3n) is 7.30. The van der Waals surface area contributed by atoms with E-state index in [-0.39, 0.29) is 42.6 Å². The van der Waals surface area contributed by atoms with Gasteiger partial charge < -0.3 is 14.4 Å². The molecule has 4 aromatic carbocycles.